The average Bonchev–Trinajstić information content (AvgIpc) is 2.91. The highest BCUT2D eigenvalue weighted by atomic mass is 16.6. The molecule has 0 bridgehead atoms. The smallest absolute Gasteiger partial charge is 0.409 e. The molecule has 3 rings (SSSR count). The van der Waals surface area contributed by atoms with Crippen LogP contribution in [-0.2, 0) is 4.74 Å². The van der Waals surface area contributed by atoms with Gasteiger partial charge in [-0.25, -0.2) is 4.79 Å². The minimum Gasteiger partial charge on any atom is -0.450 e. The molecule has 0 saturated carbocycles. The number of carbonyl (C=O) groups excluding carboxylic acids is 1. The molecule has 1 saturated heterocycles. The number of rotatable bonds is 2. The summed E-state index contributed by atoms with van der Waals surface area (Å²) < 4.78 is 5.10. The number of aromatic amines is 1. The number of benzene rings is 1. The summed E-state index contributed by atoms with van der Waals surface area (Å²) in [4.78, 5) is 17.1. The van der Waals surface area contributed by atoms with Gasteiger partial charge in [0.05, 0.1) is 6.61 Å². The zero-order chi connectivity index (χ0) is 13.9. The van der Waals surface area contributed by atoms with Gasteiger partial charge in [0, 0.05) is 30.2 Å². The third-order valence-corrected chi connectivity index (χ3v) is 3.94. The molecule has 1 aliphatic rings. The largest absolute Gasteiger partial charge is 0.450 e. The van der Waals surface area contributed by atoms with Crippen molar-refractivity contribution in [1.29, 1.82) is 0 Å². The molecule has 106 valence electrons. The highest BCUT2D eigenvalue weighted by molar-refractivity contribution is 5.80. The Hall–Kier alpha value is -1.97. The molecule has 1 N–H and O–H groups in total. The van der Waals surface area contributed by atoms with Gasteiger partial charge in [-0.2, -0.15) is 0 Å². The van der Waals surface area contributed by atoms with Crippen LogP contribution in [0.25, 0.3) is 10.9 Å². The van der Waals surface area contributed by atoms with Crippen molar-refractivity contribution in [3.8, 4) is 0 Å². The molecule has 20 heavy (non-hydrogen) atoms. The number of fused-ring (bicyclic) bond motifs is 1. The van der Waals surface area contributed by atoms with Crippen LogP contribution in [0, 0.1) is 0 Å². The van der Waals surface area contributed by atoms with E-state index in [-0.39, 0.29) is 6.09 Å². The molecule has 1 aromatic heterocycles. The van der Waals surface area contributed by atoms with E-state index in [1.165, 1.54) is 11.1 Å². The summed E-state index contributed by atoms with van der Waals surface area (Å²) in [5.74, 6) is 0.376. The number of amides is 1. The van der Waals surface area contributed by atoms with Crippen molar-refractivity contribution in [2.75, 3.05) is 19.7 Å². The lowest BCUT2D eigenvalue weighted by Crippen LogP contribution is -2.39. The van der Waals surface area contributed by atoms with Crippen LogP contribution in [0.2, 0.25) is 0 Å². The van der Waals surface area contributed by atoms with Crippen molar-refractivity contribution in [2.24, 2.45) is 0 Å². The lowest BCUT2D eigenvalue weighted by Gasteiger charge is -2.31. The summed E-state index contributed by atoms with van der Waals surface area (Å²) in [6.07, 6.45) is 1.95. The van der Waals surface area contributed by atoms with Crippen LogP contribution in [0.5, 0.6) is 0 Å². The summed E-state index contributed by atoms with van der Waals surface area (Å²) in [6, 6.07) is 10.5. The fraction of sp³-hybridized carbons (Fsp3) is 0.438. The van der Waals surface area contributed by atoms with E-state index >= 15 is 0 Å². The van der Waals surface area contributed by atoms with E-state index in [9.17, 15) is 4.79 Å². The Balaban J connectivity index is 1.77. The third kappa shape index (κ3) is 2.50. The number of nitrogens with one attached hydrogen (secondary N) is 1. The Kier molecular flexibility index (Phi) is 3.63. The van der Waals surface area contributed by atoms with E-state index in [1.807, 2.05) is 24.0 Å². The molecule has 4 nitrogen and oxygen atoms in total. The Morgan fingerprint density at radius 2 is 2.30 bits per heavy atom. The zero-order valence-corrected chi connectivity index (χ0v) is 11.8. The number of hydrogen-bond acceptors (Lipinski definition) is 2. The highest BCUT2D eigenvalue weighted by Gasteiger charge is 2.26. The first kappa shape index (κ1) is 13.0. The third-order valence-electron chi connectivity index (χ3n) is 3.94. The number of ether oxygens (including phenoxy) is 1. The Morgan fingerprint density at radius 3 is 3.10 bits per heavy atom. The minimum absolute atomic E-state index is 0.187. The van der Waals surface area contributed by atoms with Crippen LogP contribution in [0.3, 0.4) is 0 Å². The zero-order valence-electron chi connectivity index (χ0n) is 11.8. The molecule has 1 atom stereocenters. The second-order valence-electron chi connectivity index (χ2n) is 5.30. The quantitative estimate of drug-likeness (QED) is 0.909. The van der Waals surface area contributed by atoms with Crippen molar-refractivity contribution < 1.29 is 9.53 Å². The van der Waals surface area contributed by atoms with Crippen LogP contribution < -0.4 is 0 Å². The molecule has 1 aromatic carbocycles. The van der Waals surface area contributed by atoms with Crippen molar-refractivity contribution in [1.82, 2.24) is 9.88 Å². The second kappa shape index (κ2) is 5.57. The van der Waals surface area contributed by atoms with Gasteiger partial charge in [-0.05, 0) is 37.3 Å². The van der Waals surface area contributed by atoms with E-state index in [0.29, 0.717) is 12.5 Å². The number of hydrogen-bond donors (Lipinski definition) is 1. The predicted octanol–water partition coefficient (Wildman–Crippen LogP) is 3.50. The van der Waals surface area contributed by atoms with Gasteiger partial charge in [0.2, 0.25) is 0 Å². The van der Waals surface area contributed by atoms with Gasteiger partial charge in [0.1, 0.15) is 0 Å². The maximum Gasteiger partial charge on any atom is 0.409 e. The SMILES string of the molecule is CCOC(=O)N1CCCC(c2cc3ccccc3[nH]2)C1. The van der Waals surface area contributed by atoms with Gasteiger partial charge in [0.15, 0.2) is 0 Å². The minimum atomic E-state index is -0.187. The highest BCUT2D eigenvalue weighted by Crippen LogP contribution is 2.29. The van der Waals surface area contributed by atoms with E-state index in [0.717, 1.165) is 31.4 Å². The molecule has 1 fully saturated rings. The number of para-hydroxylation sites is 1. The maximum absolute atomic E-state index is 11.8. The van der Waals surface area contributed by atoms with Gasteiger partial charge in [-0.3, -0.25) is 0 Å². The van der Waals surface area contributed by atoms with Crippen molar-refractivity contribution in [3.63, 3.8) is 0 Å². The average molecular weight is 272 g/mol. The number of likely N-dealkylation sites (tertiary alicyclic amines) is 1. The molecular weight excluding hydrogens is 252 g/mol. The maximum atomic E-state index is 11.8. The van der Waals surface area contributed by atoms with E-state index in [1.54, 1.807) is 0 Å². The van der Waals surface area contributed by atoms with Gasteiger partial charge in [-0.1, -0.05) is 18.2 Å². The fourth-order valence-electron chi connectivity index (χ4n) is 2.93. The molecule has 4 heteroatoms. The Morgan fingerprint density at radius 1 is 1.45 bits per heavy atom. The molecule has 1 amide bonds. The number of aromatic nitrogens is 1. The molecule has 2 heterocycles. The summed E-state index contributed by atoms with van der Waals surface area (Å²) in [5, 5.41) is 1.23. The van der Waals surface area contributed by atoms with Crippen LogP contribution >= 0.6 is 0 Å². The first-order chi connectivity index (χ1) is 9.78. The van der Waals surface area contributed by atoms with Crippen molar-refractivity contribution in [3.05, 3.63) is 36.0 Å². The first-order valence-corrected chi connectivity index (χ1v) is 7.27. The number of carbonyl (C=O) groups is 1. The standard InChI is InChI=1S/C16H20N2O2/c1-2-20-16(19)18-9-5-7-13(11-18)15-10-12-6-3-4-8-14(12)17-15/h3-4,6,8,10,13,17H,2,5,7,9,11H2,1H3. The van der Waals surface area contributed by atoms with Crippen LogP contribution in [0.4, 0.5) is 4.79 Å². The molecule has 0 spiro atoms. The lowest BCUT2D eigenvalue weighted by molar-refractivity contribution is 0.0956. The molecule has 1 aliphatic heterocycles. The molecule has 2 aromatic rings. The van der Waals surface area contributed by atoms with Crippen LogP contribution in [-0.4, -0.2) is 35.7 Å². The van der Waals surface area contributed by atoms with Gasteiger partial charge >= 0.3 is 6.09 Å². The molecular formula is C16H20N2O2. The monoisotopic (exact) mass is 272 g/mol. The molecule has 0 aliphatic carbocycles. The van der Waals surface area contributed by atoms with Crippen LogP contribution in [0.15, 0.2) is 30.3 Å². The summed E-state index contributed by atoms with van der Waals surface area (Å²) >= 11 is 0. The van der Waals surface area contributed by atoms with Crippen LogP contribution in [0.1, 0.15) is 31.4 Å². The Labute approximate surface area is 118 Å². The van der Waals surface area contributed by atoms with E-state index in [4.69, 9.17) is 4.74 Å². The molecule has 0 radical (unpaired) electrons. The first-order valence-electron chi connectivity index (χ1n) is 7.27. The second-order valence-corrected chi connectivity index (χ2v) is 5.30. The number of nitrogens with zero attached hydrogens (tertiary/aromatic N) is 1. The van der Waals surface area contributed by atoms with E-state index < -0.39 is 0 Å². The summed E-state index contributed by atoms with van der Waals surface area (Å²) in [5.41, 5.74) is 2.39. The normalized spacial score (nSPS) is 19.2. The summed E-state index contributed by atoms with van der Waals surface area (Å²) in [6.45, 7) is 3.82. The summed E-state index contributed by atoms with van der Waals surface area (Å²) in [7, 11) is 0. The predicted molar refractivity (Wildman–Crippen MR) is 78.9 cm³/mol. The van der Waals surface area contributed by atoms with Gasteiger partial charge in [0.25, 0.3) is 0 Å². The van der Waals surface area contributed by atoms with Gasteiger partial charge in [-0.15, -0.1) is 0 Å². The number of H-pyrrole nitrogens is 1. The topological polar surface area (TPSA) is 45.3 Å². The Bertz CT molecular complexity index is 572. The van der Waals surface area contributed by atoms with Crippen molar-refractivity contribution >= 4 is 17.0 Å². The fourth-order valence-corrected chi connectivity index (χ4v) is 2.93. The number of piperidine rings is 1. The molecule has 1 unspecified atom stereocenters. The van der Waals surface area contributed by atoms with Gasteiger partial charge < -0.3 is 14.6 Å². The lowest BCUT2D eigenvalue weighted by atomic mass is 9.95. The van der Waals surface area contributed by atoms with Crippen molar-refractivity contribution in [2.45, 2.75) is 25.7 Å². The van der Waals surface area contributed by atoms with E-state index in [2.05, 4.69) is 23.2 Å².